The zero-order chi connectivity index (χ0) is 19.4. The maximum absolute atomic E-state index is 10.3. The molecule has 3 N–H and O–H groups in total. The third-order valence-corrected chi connectivity index (χ3v) is 5.90. The molecule has 2 aliphatic rings. The number of hydrogen-bond donors (Lipinski definition) is 3. The Balaban J connectivity index is 1.89. The van der Waals surface area contributed by atoms with Crippen LogP contribution in [0.1, 0.15) is 54.9 Å². The lowest BCUT2D eigenvalue weighted by atomic mass is 9.76. The average Bonchev–Trinajstić information content (AvgIpc) is 2.56. The van der Waals surface area contributed by atoms with Crippen molar-refractivity contribution in [2.24, 2.45) is 0 Å². The summed E-state index contributed by atoms with van der Waals surface area (Å²) in [6.07, 6.45) is 1.54. The third-order valence-electron chi connectivity index (χ3n) is 5.70. The van der Waals surface area contributed by atoms with Crippen molar-refractivity contribution in [3.05, 3.63) is 58.7 Å². The molecule has 1 fully saturated rings. The van der Waals surface area contributed by atoms with Gasteiger partial charge in [0.2, 0.25) is 0 Å². The highest BCUT2D eigenvalue weighted by molar-refractivity contribution is 7.80. The van der Waals surface area contributed by atoms with E-state index in [4.69, 9.17) is 17.0 Å². The van der Waals surface area contributed by atoms with Crippen molar-refractivity contribution in [1.29, 1.82) is 0 Å². The van der Waals surface area contributed by atoms with Crippen molar-refractivity contribution >= 4 is 17.3 Å². The van der Waals surface area contributed by atoms with Gasteiger partial charge in [-0.25, -0.2) is 0 Å². The molecule has 5 heteroatoms. The molecule has 2 atom stereocenters. The second-order valence-electron chi connectivity index (χ2n) is 8.48. The molecule has 27 heavy (non-hydrogen) atoms. The summed E-state index contributed by atoms with van der Waals surface area (Å²) in [7, 11) is 0. The Morgan fingerprint density at radius 3 is 2.52 bits per heavy atom. The topological polar surface area (TPSA) is 53.5 Å². The Morgan fingerprint density at radius 1 is 1.07 bits per heavy atom. The average molecular weight is 383 g/mol. The molecule has 0 aromatic heterocycles. The number of aryl methyl sites for hydroxylation is 1. The predicted octanol–water partition coefficient (Wildman–Crippen LogP) is 4.27. The van der Waals surface area contributed by atoms with Gasteiger partial charge in [0.05, 0.1) is 0 Å². The zero-order valence-corrected chi connectivity index (χ0v) is 17.0. The van der Waals surface area contributed by atoms with Crippen molar-refractivity contribution in [3.63, 3.8) is 0 Å². The van der Waals surface area contributed by atoms with Crippen molar-refractivity contribution in [2.75, 3.05) is 0 Å². The molecule has 142 valence electrons. The van der Waals surface area contributed by atoms with Gasteiger partial charge in [-0.1, -0.05) is 30.3 Å². The number of phenolic OH excluding ortho intramolecular Hbond substituents is 1. The van der Waals surface area contributed by atoms with Gasteiger partial charge in [-0.2, -0.15) is 0 Å². The molecule has 0 unspecified atom stereocenters. The van der Waals surface area contributed by atoms with Crippen molar-refractivity contribution in [2.45, 2.75) is 57.7 Å². The number of ether oxygens (including phenoxy) is 1. The Hall–Kier alpha value is -2.27. The summed E-state index contributed by atoms with van der Waals surface area (Å²) in [5.41, 5.74) is 3.65. The summed E-state index contributed by atoms with van der Waals surface area (Å²) < 4.78 is 6.57. The van der Waals surface area contributed by atoms with Crippen LogP contribution >= 0.6 is 12.2 Å². The predicted molar refractivity (Wildman–Crippen MR) is 111 cm³/mol. The van der Waals surface area contributed by atoms with E-state index < -0.39 is 5.72 Å². The molecule has 2 aromatic rings. The molecule has 0 bridgehead atoms. The SMILES string of the molecule is Cc1ccccc1[C@@H]1C[C@@]2(CC(C)(C)NC(=S)N2)Oc2c1ccc(O)c2C. The second kappa shape index (κ2) is 6.13. The van der Waals surface area contributed by atoms with Crippen LogP contribution in [0.5, 0.6) is 11.5 Å². The molecule has 1 spiro atoms. The van der Waals surface area contributed by atoms with Gasteiger partial charge in [-0.05, 0) is 57.1 Å². The summed E-state index contributed by atoms with van der Waals surface area (Å²) in [6.45, 7) is 8.33. The van der Waals surface area contributed by atoms with Crippen LogP contribution in [-0.4, -0.2) is 21.5 Å². The van der Waals surface area contributed by atoms with Gasteiger partial charge >= 0.3 is 0 Å². The van der Waals surface area contributed by atoms with E-state index in [1.54, 1.807) is 6.07 Å². The smallest absolute Gasteiger partial charge is 0.185 e. The Morgan fingerprint density at radius 2 is 1.81 bits per heavy atom. The second-order valence-corrected chi connectivity index (χ2v) is 8.89. The van der Waals surface area contributed by atoms with Gasteiger partial charge in [0.15, 0.2) is 10.8 Å². The zero-order valence-electron chi connectivity index (χ0n) is 16.2. The number of nitrogens with one attached hydrogen (secondary N) is 2. The maximum Gasteiger partial charge on any atom is 0.185 e. The molecule has 2 heterocycles. The van der Waals surface area contributed by atoms with Crippen molar-refractivity contribution in [3.8, 4) is 11.5 Å². The van der Waals surface area contributed by atoms with Gasteiger partial charge in [-0.15, -0.1) is 0 Å². The fourth-order valence-corrected chi connectivity index (χ4v) is 5.04. The maximum atomic E-state index is 10.3. The van der Waals surface area contributed by atoms with E-state index in [2.05, 4.69) is 55.7 Å². The fraction of sp³-hybridized carbons (Fsp3) is 0.409. The summed E-state index contributed by atoms with van der Waals surface area (Å²) in [4.78, 5) is 0. The molecule has 0 radical (unpaired) electrons. The number of hydrogen-bond acceptors (Lipinski definition) is 3. The largest absolute Gasteiger partial charge is 0.508 e. The van der Waals surface area contributed by atoms with Crippen LogP contribution in [-0.2, 0) is 0 Å². The van der Waals surface area contributed by atoms with E-state index in [9.17, 15) is 5.11 Å². The molecule has 0 saturated carbocycles. The van der Waals surface area contributed by atoms with Crippen LogP contribution in [0.15, 0.2) is 36.4 Å². The first kappa shape index (κ1) is 18.1. The van der Waals surface area contributed by atoms with E-state index in [-0.39, 0.29) is 17.2 Å². The highest BCUT2D eigenvalue weighted by Crippen LogP contribution is 2.49. The quantitative estimate of drug-likeness (QED) is 0.643. The van der Waals surface area contributed by atoms with Crippen molar-refractivity contribution < 1.29 is 9.84 Å². The molecular formula is C22H26N2O2S. The first-order valence-corrected chi connectivity index (χ1v) is 9.78. The van der Waals surface area contributed by atoms with E-state index >= 15 is 0 Å². The van der Waals surface area contributed by atoms with E-state index in [0.717, 1.165) is 29.7 Å². The van der Waals surface area contributed by atoms with E-state index in [1.165, 1.54) is 11.1 Å². The first-order valence-electron chi connectivity index (χ1n) is 9.37. The Bertz CT molecular complexity index is 925. The lowest BCUT2D eigenvalue weighted by Gasteiger charge is -2.51. The standard InChI is InChI=1S/C22H26N2O2S/c1-13-7-5-6-8-15(13)17-11-22(12-21(3,4)23-20(27)24-22)26-19-14(2)18(25)10-9-16(17)19/h5-10,17,25H,11-12H2,1-4H3,(H2,23,24,27)/t17-,22-/m0/s1. The lowest BCUT2D eigenvalue weighted by molar-refractivity contribution is -0.0135. The van der Waals surface area contributed by atoms with Crippen molar-refractivity contribution in [1.82, 2.24) is 10.6 Å². The van der Waals surface area contributed by atoms with E-state index in [0.29, 0.717) is 5.11 Å². The third kappa shape index (κ3) is 3.14. The number of phenols is 1. The Kier molecular flexibility index (Phi) is 4.11. The summed E-state index contributed by atoms with van der Waals surface area (Å²) in [5.74, 6) is 1.19. The van der Waals surface area contributed by atoms with Crippen LogP contribution in [0.25, 0.3) is 0 Å². The molecule has 4 nitrogen and oxygen atoms in total. The number of benzene rings is 2. The van der Waals surface area contributed by atoms with Gasteiger partial charge in [-0.3, -0.25) is 0 Å². The molecular weight excluding hydrogens is 356 g/mol. The lowest BCUT2D eigenvalue weighted by Crippen LogP contribution is -2.69. The number of rotatable bonds is 1. The number of fused-ring (bicyclic) bond motifs is 1. The highest BCUT2D eigenvalue weighted by Gasteiger charge is 2.49. The Labute approximate surface area is 165 Å². The molecule has 4 rings (SSSR count). The molecule has 2 aliphatic heterocycles. The number of thiocarbonyl (C=S) groups is 1. The summed E-state index contributed by atoms with van der Waals surface area (Å²) in [6, 6.07) is 12.3. The molecule has 2 aromatic carbocycles. The first-order chi connectivity index (χ1) is 12.7. The minimum atomic E-state index is -0.607. The monoisotopic (exact) mass is 382 g/mol. The van der Waals surface area contributed by atoms with Gasteiger partial charge < -0.3 is 20.5 Å². The van der Waals surface area contributed by atoms with Crippen LogP contribution in [0.3, 0.4) is 0 Å². The fourth-order valence-electron chi connectivity index (χ4n) is 4.58. The minimum absolute atomic E-state index is 0.165. The van der Waals surface area contributed by atoms with E-state index in [1.807, 2.05) is 13.0 Å². The normalized spacial score (nSPS) is 25.9. The summed E-state index contributed by atoms with van der Waals surface area (Å²) in [5, 5.41) is 17.6. The van der Waals surface area contributed by atoms with Crippen LogP contribution < -0.4 is 15.4 Å². The molecule has 0 amide bonds. The van der Waals surface area contributed by atoms with Gasteiger partial charge in [0.1, 0.15) is 11.5 Å². The number of aromatic hydroxyl groups is 1. The molecule has 1 saturated heterocycles. The highest BCUT2D eigenvalue weighted by atomic mass is 32.1. The van der Waals surface area contributed by atoms with Gasteiger partial charge in [0, 0.05) is 35.4 Å². The van der Waals surface area contributed by atoms with Crippen LogP contribution in [0.4, 0.5) is 0 Å². The van der Waals surface area contributed by atoms with Crippen LogP contribution in [0.2, 0.25) is 0 Å². The summed E-state index contributed by atoms with van der Waals surface area (Å²) >= 11 is 5.49. The molecule has 0 aliphatic carbocycles. The van der Waals surface area contributed by atoms with Crippen LogP contribution in [0, 0.1) is 13.8 Å². The minimum Gasteiger partial charge on any atom is -0.508 e. The van der Waals surface area contributed by atoms with Gasteiger partial charge in [0.25, 0.3) is 0 Å².